The maximum atomic E-state index is 13.2. The monoisotopic (exact) mass is 327 g/mol. The van der Waals surface area contributed by atoms with Gasteiger partial charge in [0.2, 0.25) is 0 Å². The lowest BCUT2D eigenvalue weighted by Gasteiger charge is -2.34. The zero-order valence-corrected chi connectivity index (χ0v) is 14.7. The van der Waals surface area contributed by atoms with E-state index in [1.807, 2.05) is 29.6 Å². The molecule has 6 nitrogen and oxygen atoms in total. The van der Waals surface area contributed by atoms with Crippen LogP contribution in [-0.4, -0.2) is 63.2 Å². The summed E-state index contributed by atoms with van der Waals surface area (Å²) in [5, 5.41) is 5.42. The molecule has 1 saturated carbocycles. The first-order valence-corrected chi connectivity index (χ1v) is 8.94. The molecule has 6 heteroatoms. The molecule has 2 aromatic heterocycles. The van der Waals surface area contributed by atoms with Gasteiger partial charge in [-0.15, -0.1) is 0 Å². The van der Waals surface area contributed by atoms with Crippen LogP contribution >= 0.6 is 0 Å². The van der Waals surface area contributed by atoms with Gasteiger partial charge >= 0.3 is 0 Å². The van der Waals surface area contributed by atoms with Gasteiger partial charge in [0, 0.05) is 44.8 Å². The second-order valence-electron chi connectivity index (χ2n) is 7.00. The van der Waals surface area contributed by atoms with Crippen molar-refractivity contribution >= 4 is 16.9 Å². The Balaban J connectivity index is 1.73. The van der Waals surface area contributed by atoms with Crippen molar-refractivity contribution in [3.05, 3.63) is 23.0 Å². The van der Waals surface area contributed by atoms with E-state index in [0.717, 1.165) is 60.7 Å². The number of nitrogens with zero attached hydrogens (tertiary/aromatic N) is 5. The van der Waals surface area contributed by atoms with Crippen LogP contribution in [0.5, 0.6) is 0 Å². The minimum atomic E-state index is 0.135. The summed E-state index contributed by atoms with van der Waals surface area (Å²) in [6.07, 6.45) is 2.36. The van der Waals surface area contributed by atoms with Crippen LogP contribution < -0.4 is 0 Å². The molecule has 24 heavy (non-hydrogen) atoms. The first-order chi connectivity index (χ1) is 11.6. The van der Waals surface area contributed by atoms with Gasteiger partial charge in [-0.2, -0.15) is 5.10 Å². The quantitative estimate of drug-likeness (QED) is 0.864. The van der Waals surface area contributed by atoms with Gasteiger partial charge in [-0.05, 0) is 32.4 Å². The Morgan fingerprint density at radius 3 is 2.58 bits per heavy atom. The summed E-state index contributed by atoms with van der Waals surface area (Å²) < 4.78 is 1.81. The molecule has 1 saturated heterocycles. The molecule has 0 unspecified atom stereocenters. The Labute approximate surface area is 142 Å². The number of fused-ring (bicyclic) bond motifs is 1. The summed E-state index contributed by atoms with van der Waals surface area (Å²) in [5.74, 6) is 0.657. The average molecular weight is 327 g/mol. The van der Waals surface area contributed by atoms with E-state index in [2.05, 4.69) is 16.9 Å². The van der Waals surface area contributed by atoms with Gasteiger partial charge in [0.15, 0.2) is 5.65 Å². The smallest absolute Gasteiger partial charge is 0.254 e. The van der Waals surface area contributed by atoms with Gasteiger partial charge < -0.3 is 9.80 Å². The van der Waals surface area contributed by atoms with Crippen molar-refractivity contribution in [2.75, 3.05) is 32.7 Å². The number of carbonyl (C=O) groups excluding carboxylic acids is 1. The highest BCUT2D eigenvalue weighted by Crippen LogP contribution is 2.40. The molecular weight excluding hydrogens is 302 g/mol. The zero-order valence-electron chi connectivity index (χ0n) is 14.7. The zero-order chi connectivity index (χ0) is 16.8. The van der Waals surface area contributed by atoms with E-state index in [4.69, 9.17) is 4.98 Å². The molecule has 3 heterocycles. The molecule has 2 fully saturated rings. The highest BCUT2D eigenvalue weighted by Gasteiger charge is 2.30. The first kappa shape index (κ1) is 15.6. The fourth-order valence-electron chi connectivity index (χ4n) is 3.66. The number of hydrogen-bond acceptors (Lipinski definition) is 4. The molecule has 0 radical (unpaired) electrons. The van der Waals surface area contributed by atoms with E-state index in [1.54, 1.807) is 0 Å². The van der Waals surface area contributed by atoms with Crippen molar-refractivity contribution in [1.82, 2.24) is 24.6 Å². The number of amides is 1. The summed E-state index contributed by atoms with van der Waals surface area (Å²) in [4.78, 5) is 22.4. The lowest BCUT2D eigenvalue weighted by Crippen LogP contribution is -2.48. The largest absolute Gasteiger partial charge is 0.336 e. The Hall–Kier alpha value is -1.95. The second kappa shape index (κ2) is 5.84. The number of rotatable bonds is 3. The van der Waals surface area contributed by atoms with Crippen LogP contribution in [0.3, 0.4) is 0 Å². The van der Waals surface area contributed by atoms with Gasteiger partial charge in [-0.3, -0.25) is 9.48 Å². The number of piperazine rings is 1. The van der Waals surface area contributed by atoms with Gasteiger partial charge in [0.1, 0.15) is 0 Å². The molecule has 128 valence electrons. The fourth-order valence-corrected chi connectivity index (χ4v) is 3.66. The number of likely N-dealkylation sites (N-methyl/N-ethyl adjacent to an activating group) is 1. The predicted molar refractivity (Wildman–Crippen MR) is 93.2 cm³/mol. The third kappa shape index (κ3) is 2.59. The summed E-state index contributed by atoms with van der Waals surface area (Å²) >= 11 is 0. The SMILES string of the molecule is CCN1CCN(C(=O)c2cc(C3CC3)nc3c2c(C)nn3C)CC1. The third-order valence-corrected chi connectivity index (χ3v) is 5.32. The first-order valence-electron chi connectivity index (χ1n) is 8.94. The molecule has 1 aliphatic carbocycles. The number of hydrogen-bond donors (Lipinski definition) is 0. The van der Waals surface area contributed by atoms with Crippen LogP contribution in [0, 0.1) is 6.92 Å². The van der Waals surface area contributed by atoms with Crippen molar-refractivity contribution in [2.24, 2.45) is 7.05 Å². The predicted octanol–water partition coefficient (Wildman–Crippen LogP) is 1.93. The molecule has 1 aliphatic heterocycles. The molecule has 2 aromatic rings. The van der Waals surface area contributed by atoms with Crippen molar-refractivity contribution in [2.45, 2.75) is 32.6 Å². The lowest BCUT2D eigenvalue weighted by atomic mass is 10.1. The fraction of sp³-hybridized carbons (Fsp3) is 0.611. The molecule has 0 atom stereocenters. The Morgan fingerprint density at radius 1 is 1.25 bits per heavy atom. The molecule has 0 bridgehead atoms. The highest BCUT2D eigenvalue weighted by atomic mass is 16.2. The number of aryl methyl sites for hydroxylation is 2. The minimum Gasteiger partial charge on any atom is -0.336 e. The van der Waals surface area contributed by atoms with Crippen LogP contribution in [0.2, 0.25) is 0 Å². The van der Waals surface area contributed by atoms with Crippen LogP contribution in [0.15, 0.2) is 6.07 Å². The molecule has 2 aliphatic rings. The van der Waals surface area contributed by atoms with Crippen molar-refractivity contribution in [3.8, 4) is 0 Å². The molecule has 0 spiro atoms. The maximum Gasteiger partial charge on any atom is 0.254 e. The van der Waals surface area contributed by atoms with E-state index in [-0.39, 0.29) is 5.91 Å². The summed E-state index contributed by atoms with van der Waals surface area (Å²) in [6, 6.07) is 2.03. The van der Waals surface area contributed by atoms with E-state index in [1.165, 1.54) is 12.8 Å². The average Bonchev–Trinajstić information content (AvgIpc) is 3.41. The minimum absolute atomic E-state index is 0.135. The third-order valence-electron chi connectivity index (χ3n) is 5.32. The molecular formula is C18H25N5O. The highest BCUT2D eigenvalue weighted by molar-refractivity contribution is 6.06. The van der Waals surface area contributed by atoms with Crippen LogP contribution in [0.1, 0.15) is 47.4 Å². The van der Waals surface area contributed by atoms with E-state index in [0.29, 0.717) is 5.92 Å². The number of aromatic nitrogens is 3. The van der Waals surface area contributed by atoms with Crippen LogP contribution in [0.25, 0.3) is 11.0 Å². The van der Waals surface area contributed by atoms with Gasteiger partial charge in [-0.1, -0.05) is 6.92 Å². The summed E-state index contributed by atoms with van der Waals surface area (Å²) in [7, 11) is 1.91. The normalized spacial score (nSPS) is 19.2. The number of carbonyl (C=O) groups is 1. The van der Waals surface area contributed by atoms with Crippen molar-refractivity contribution in [1.29, 1.82) is 0 Å². The Morgan fingerprint density at radius 2 is 1.96 bits per heavy atom. The topological polar surface area (TPSA) is 54.3 Å². The second-order valence-corrected chi connectivity index (χ2v) is 7.00. The van der Waals surface area contributed by atoms with Crippen molar-refractivity contribution in [3.63, 3.8) is 0 Å². The van der Waals surface area contributed by atoms with Crippen LogP contribution in [-0.2, 0) is 7.05 Å². The Kier molecular flexibility index (Phi) is 3.79. The summed E-state index contributed by atoms with van der Waals surface area (Å²) in [5.41, 5.74) is 3.57. The van der Waals surface area contributed by atoms with Gasteiger partial charge in [-0.25, -0.2) is 4.98 Å². The molecule has 0 N–H and O–H groups in total. The molecule has 1 amide bonds. The molecule has 4 rings (SSSR count). The van der Waals surface area contributed by atoms with E-state index >= 15 is 0 Å². The maximum absolute atomic E-state index is 13.2. The van der Waals surface area contributed by atoms with Gasteiger partial charge in [0.05, 0.1) is 16.6 Å². The van der Waals surface area contributed by atoms with Gasteiger partial charge in [0.25, 0.3) is 5.91 Å². The lowest BCUT2D eigenvalue weighted by molar-refractivity contribution is 0.0645. The Bertz CT molecular complexity index is 784. The van der Waals surface area contributed by atoms with E-state index < -0.39 is 0 Å². The number of pyridine rings is 1. The van der Waals surface area contributed by atoms with Crippen LogP contribution in [0.4, 0.5) is 0 Å². The van der Waals surface area contributed by atoms with E-state index in [9.17, 15) is 4.79 Å². The standard InChI is InChI=1S/C18H25N5O/c1-4-22-7-9-23(10-8-22)18(24)14-11-15(13-5-6-13)19-17-16(14)12(2)20-21(17)3/h11,13H,4-10H2,1-3H3. The summed E-state index contributed by atoms with van der Waals surface area (Å²) in [6.45, 7) is 8.70. The molecule has 0 aromatic carbocycles. The van der Waals surface area contributed by atoms with Crippen molar-refractivity contribution < 1.29 is 4.79 Å².